The Balaban J connectivity index is 1.05. The van der Waals surface area contributed by atoms with Crippen LogP contribution in [0.25, 0.3) is 27.5 Å². The van der Waals surface area contributed by atoms with Gasteiger partial charge in [0.25, 0.3) is 0 Å². The molecule has 244 valence electrons. The van der Waals surface area contributed by atoms with E-state index in [0.717, 1.165) is 31.4 Å². The summed E-state index contributed by atoms with van der Waals surface area (Å²) in [6, 6.07) is 29.8. The zero-order chi connectivity index (χ0) is 33.2. The summed E-state index contributed by atoms with van der Waals surface area (Å²) in [6.07, 6.45) is 32.7. The fourth-order valence-corrected chi connectivity index (χ4v) is 12.0. The minimum absolute atomic E-state index is 0.112. The molecule has 0 bridgehead atoms. The number of hydrogen-bond donors (Lipinski definition) is 0. The lowest BCUT2D eigenvalue weighted by Gasteiger charge is -2.37. The van der Waals surface area contributed by atoms with Crippen molar-refractivity contribution in [1.29, 1.82) is 0 Å². The Morgan fingerprint density at radius 1 is 0.780 bits per heavy atom. The average molecular weight is 664 g/mol. The van der Waals surface area contributed by atoms with Crippen LogP contribution in [0.3, 0.4) is 0 Å². The number of hydrogen-bond acceptors (Lipinski definition) is 2. The standard InChI is InChI=1S/C47H41NOSi/c1-50-44-26-25-41-40-19-7-8-20-43(40)49-47(41)46(44)42-24-23-39(30-45(42)50)48(37-17-9-15-34(28-37)31-11-3-2-4-12-31)38-18-10-16-35(29-38)36-22-21-32-13-5-6-14-33(32)27-36/h3,5-14,16-29,34,39-40,43,50H,2,4,15,30H2,1H3. The molecule has 0 N–H and O–H groups in total. The summed E-state index contributed by atoms with van der Waals surface area (Å²) < 4.78 is 6.72. The molecule has 4 aromatic carbocycles. The van der Waals surface area contributed by atoms with Gasteiger partial charge >= 0.3 is 0 Å². The minimum Gasteiger partial charge on any atom is -0.484 e. The van der Waals surface area contributed by atoms with Gasteiger partial charge < -0.3 is 9.64 Å². The lowest BCUT2D eigenvalue weighted by molar-refractivity contribution is 0.268. The summed E-state index contributed by atoms with van der Waals surface area (Å²) in [4.78, 5) is 2.63. The SMILES string of the molecule is C[SiH]1C2=C(C=CC(N(C3=CC(C4=CCCC=C4)CC=C3)c3cccc(-c4ccc5ccccc5c4)c3)C2)c2c1ccc1c2OC2C=CC=CC12. The van der Waals surface area contributed by atoms with Crippen LogP contribution in [0.15, 0.2) is 168 Å². The number of benzene rings is 4. The Labute approximate surface area is 297 Å². The van der Waals surface area contributed by atoms with Gasteiger partial charge in [-0.3, -0.25) is 0 Å². The average Bonchev–Trinajstić information content (AvgIpc) is 3.70. The molecule has 50 heavy (non-hydrogen) atoms. The van der Waals surface area contributed by atoms with Gasteiger partial charge in [-0.25, -0.2) is 0 Å². The van der Waals surface area contributed by atoms with Crippen molar-refractivity contribution in [2.75, 3.05) is 4.90 Å². The second kappa shape index (κ2) is 12.0. The molecule has 5 unspecified atom stereocenters. The molecule has 2 nitrogen and oxygen atoms in total. The maximum Gasteiger partial charge on any atom is 0.131 e. The molecule has 10 rings (SSSR count). The van der Waals surface area contributed by atoms with Crippen LogP contribution < -0.4 is 14.8 Å². The highest BCUT2D eigenvalue weighted by Gasteiger charge is 2.41. The van der Waals surface area contributed by atoms with E-state index in [9.17, 15) is 0 Å². The van der Waals surface area contributed by atoms with E-state index in [1.165, 1.54) is 55.6 Å². The maximum atomic E-state index is 6.72. The van der Waals surface area contributed by atoms with Crippen molar-refractivity contribution < 1.29 is 4.74 Å². The van der Waals surface area contributed by atoms with Gasteiger partial charge in [-0.1, -0.05) is 133 Å². The molecule has 0 spiro atoms. The van der Waals surface area contributed by atoms with E-state index in [0.29, 0.717) is 11.8 Å². The van der Waals surface area contributed by atoms with Crippen LogP contribution in [0.2, 0.25) is 6.55 Å². The third-order valence-corrected chi connectivity index (χ3v) is 14.8. The monoisotopic (exact) mass is 663 g/mol. The van der Waals surface area contributed by atoms with Crippen molar-refractivity contribution in [2.45, 2.75) is 50.3 Å². The third kappa shape index (κ3) is 4.90. The molecule has 0 radical (unpaired) electrons. The van der Waals surface area contributed by atoms with Gasteiger partial charge in [-0.2, -0.15) is 0 Å². The highest BCUT2D eigenvalue weighted by Crippen LogP contribution is 2.49. The number of fused-ring (bicyclic) bond motifs is 7. The second-order valence-electron chi connectivity index (χ2n) is 14.6. The van der Waals surface area contributed by atoms with E-state index in [4.69, 9.17) is 4.74 Å². The van der Waals surface area contributed by atoms with Crippen LogP contribution in [0.5, 0.6) is 5.75 Å². The van der Waals surface area contributed by atoms with Crippen LogP contribution in [0.1, 0.15) is 42.7 Å². The first-order valence-electron chi connectivity index (χ1n) is 18.4. The highest BCUT2D eigenvalue weighted by atomic mass is 28.3. The highest BCUT2D eigenvalue weighted by molar-refractivity contribution is 6.82. The van der Waals surface area contributed by atoms with Crippen LogP contribution in [0.4, 0.5) is 5.69 Å². The van der Waals surface area contributed by atoms with Gasteiger partial charge in [-0.15, -0.1) is 0 Å². The first-order valence-corrected chi connectivity index (χ1v) is 20.7. The van der Waals surface area contributed by atoms with Gasteiger partial charge in [0.05, 0.1) is 14.8 Å². The topological polar surface area (TPSA) is 12.5 Å². The molecule has 3 heteroatoms. The molecule has 2 heterocycles. The zero-order valence-electron chi connectivity index (χ0n) is 28.5. The van der Waals surface area contributed by atoms with Crippen LogP contribution >= 0.6 is 0 Å². The van der Waals surface area contributed by atoms with E-state index in [1.807, 2.05) is 0 Å². The first-order chi connectivity index (χ1) is 24.7. The van der Waals surface area contributed by atoms with Crippen molar-refractivity contribution in [1.82, 2.24) is 0 Å². The van der Waals surface area contributed by atoms with E-state index in [-0.39, 0.29) is 12.1 Å². The van der Waals surface area contributed by atoms with E-state index in [2.05, 4.69) is 163 Å². The van der Waals surface area contributed by atoms with Gasteiger partial charge in [0.15, 0.2) is 0 Å². The first kappa shape index (κ1) is 29.8. The number of ether oxygens (including phenoxy) is 1. The number of rotatable bonds is 5. The summed E-state index contributed by atoms with van der Waals surface area (Å²) >= 11 is 0. The molecular weight excluding hydrogens is 623 g/mol. The summed E-state index contributed by atoms with van der Waals surface area (Å²) in [7, 11) is -1.37. The van der Waals surface area contributed by atoms with Crippen LogP contribution in [0, 0.1) is 5.92 Å². The Hall–Kier alpha value is -5.12. The fourth-order valence-electron chi connectivity index (χ4n) is 9.20. The molecule has 0 aromatic heterocycles. The number of nitrogens with zero attached hydrogens (tertiary/aromatic N) is 1. The molecule has 0 amide bonds. The molecule has 0 saturated carbocycles. The molecule has 5 atom stereocenters. The van der Waals surface area contributed by atoms with Gasteiger partial charge in [-0.05, 0) is 94.3 Å². The smallest absolute Gasteiger partial charge is 0.131 e. The lowest BCUT2D eigenvalue weighted by Crippen LogP contribution is -2.37. The van der Waals surface area contributed by atoms with Crippen LogP contribution in [-0.4, -0.2) is 20.9 Å². The van der Waals surface area contributed by atoms with E-state index >= 15 is 0 Å². The Bertz CT molecular complexity index is 2310. The zero-order valence-corrected chi connectivity index (χ0v) is 29.7. The molecule has 0 saturated heterocycles. The summed E-state index contributed by atoms with van der Waals surface area (Å²) in [5, 5.41) is 5.76. The maximum absolute atomic E-state index is 6.72. The molecule has 6 aliphatic rings. The Morgan fingerprint density at radius 2 is 1.68 bits per heavy atom. The second-order valence-corrected chi connectivity index (χ2v) is 17.4. The molecule has 2 aliphatic heterocycles. The Kier molecular flexibility index (Phi) is 7.16. The van der Waals surface area contributed by atoms with E-state index < -0.39 is 8.80 Å². The normalized spacial score (nSPS) is 25.5. The van der Waals surface area contributed by atoms with Crippen molar-refractivity contribution in [3.63, 3.8) is 0 Å². The number of anilines is 1. The largest absolute Gasteiger partial charge is 0.484 e. The van der Waals surface area contributed by atoms with Crippen molar-refractivity contribution in [3.05, 3.63) is 179 Å². The lowest BCUT2D eigenvalue weighted by atomic mass is 9.87. The van der Waals surface area contributed by atoms with E-state index in [1.54, 1.807) is 10.4 Å². The third-order valence-electron chi connectivity index (χ3n) is 11.8. The minimum atomic E-state index is -1.37. The van der Waals surface area contributed by atoms with Crippen molar-refractivity contribution >= 4 is 36.0 Å². The quantitative estimate of drug-likeness (QED) is 0.197. The molecule has 4 aromatic rings. The molecule has 0 fully saturated rings. The fraction of sp³-hybridized carbons (Fsp3) is 0.191. The summed E-state index contributed by atoms with van der Waals surface area (Å²) in [6.45, 7) is 2.54. The summed E-state index contributed by atoms with van der Waals surface area (Å²) in [5.41, 5.74) is 10.7. The van der Waals surface area contributed by atoms with Crippen molar-refractivity contribution in [3.8, 4) is 16.9 Å². The summed E-state index contributed by atoms with van der Waals surface area (Å²) in [5.74, 6) is 1.85. The predicted octanol–water partition coefficient (Wildman–Crippen LogP) is 10.4. The molecular formula is C47H41NOSi. The van der Waals surface area contributed by atoms with Gasteiger partial charge in [0.1, 0.15) is 11.9 Å². The Morgan fingerprint density at radius 3 is 2.60 bits per heavy atom. The van der Waals surface area contributed by atoms with Crippen molar-refractivity contribution in [2.24, 2.45) is 5.92 Å². The van der Waals surface area contributed by atoms with Gasteiger partial charge in [0, 0.05) is 34.3 Å². The molecule has 4 aliphatic carbocycles. The van der Waals surface area contributed by atoms with Gasteiger partial charge in [0.2, 0.25) is 0 Å². The number of allylic oxidation sites excluding steroid dienone is 11. The van der Waals surface area contributed by atoms with Crippen LogP contribution in [-0.2, 0) is 0 Å². The predicted molar refractivity (Wildman–Crippen MR) is 213 cm³/mol.